The van der Waals surface area contributed by atoms with Crippen molar-refractivity contribution in [3.05, 3.63) is 78.7 Å². The smallest absolute Gasteiger partial charge is 0.293 e. The lowest BCUT2D eigenvalue weighted by molar-refractivity contribution is 0.0953. The largest absolute Gasteiger partial charge is 0.451 e. The molecule has 0 radical (unpaired) electrons. The van der Waals surface area contributed by atoms with Gasteiger partial charge in [0.05, 0.1) is 0 Å². The molecular weight excluding hydrogens is 400 g/mol. The third-order valence-corrected chi connectivity index (χ3v) is 4.61. The Hall–Kier alpha value is -4.04. The Labute approximate surface area is 175 Å². The van der Waals surface area contributed by atoms with E-state index in [0.29, 0.717) is 28.4 Å². The number of amides is 1. The summed E-state index contributed by atoms with van der Waals surface area (Å²) in [5.41, 5.74) is 3.23. The maximum absolute atomic E-state index is 12.4. The highest BCUT2D eigenvalue weighted by Crippen LogP contribution is 2.25. The number of thiocarbonyl (C=S) groups is 1. The fourth-order valence-electron chi connectivity index (χ4n) is 3.04. The fraction of sp³-hybridized carbons (Fsp3) is 0. The number of hydrogen-bond donors (Lipinski definition) is 2. The number of furan rings is 1. The first-order valence-electron chi connectivity index (χ1n) is 9.09. The SMILES string of the molecule is O=C(NC(=S)Nc1cccc(-c2nc3ncccc3o2)c1)c1cc2ccccc2o1. The highest BCUT2D eigenvalue weighted by atomic mass is 32.1. The van der Waals surface area contributed by atoms with Crippen LogP contribution in [0.15, 0.2) is 81.8 Å². The molecule has 0 unspecified atom stereocenters. The molecule has 0 aliphatic heterocycles. The molecule has 30 heavy (non-hydrogen) atoms. The lowest BCUT2D eigenvalue weighted by Gasteiger charge is -2.09. The number of carbonyl (C=O) groups excluding carboxylic acids is 1. The van der Waals surface area contributed by atoms with E-state index in [9.17, 15) is 4.79 Å². The monoisotopic (exact) mass is 414 g/mol. The van der Waals surface area contributed by atoms with Crippen LogP contribution in [-0.4, -0.2) is 21.0 Å². The average molecular weight is 414 g/mol. The maximum Gasteiger partial charge on any atom is 0.293 e. The second kappa shape index (κ2) is 7.41. The Balaban J connectivity index is 1.31. The van der Waals surface area contributed by atoms with E-state index in [1.165, 1.54) is 0 Å². The van der Waals surface area contributed by atoms with Gasteiger partial charge in [-0.1, -0.05) is 24.3 Å². The van der Waals surface area contributed by atoms with Gasteiger partial charge in [0, 0.05) is 22.8 Å². The van der Waals surface area contributed by atoms with Gasteiger partial charge < -0.3 is 14.2 Å². The first-order valence-corrected chi connectivity index (χ1v) is 9.49. The minimum atomic E-state index is -0.426. The van der Waals surface area contributed by atoms with Crippen LogP contribution >= 0.6 is 12.2 Å². The molecule has 5 rings (SSSR count). The van der Waals surface area contributed by atoms with Crippen molar-refractivity contribution in [2.75, 3.05) is 5.32 Å². The van der Waals surface area contributed by atoms with E-state index in [1.54, 1.807) is 24.4 Å². The molecule has 0 aliphatic carbocycles. The van der Waals surface area contributed by atoms with Crippen molar-refractivity contribution in [2.24, 2.45) is 0 Å². The van der Waals surface area contributed by atoms with Crippen molar-refractivity contribution >= 4 is 51.1 Å². The van der Waals surface area contributed by atoms with Gasteiger partial charge in [-0.05, 0) is 54.7 Å². The van der Waals surface area contributed by atoms with E-state index in [-0.39, 0.29) is 10.9 Å². The first-order chi connectivity index (χ1) is 14.7. The van der Waals surface area contributed by atoms with Gasteiger partial charge in [-0.3, -0.25) is 10.1 Å². The van der Waals surface area contributed by atoms with Crippen LogP contribution in [-0.2, 0) is 0 Å². The predicted molar refractivity (Wildman–Crippen MR) is 117 cm³/mol. The van der Waals surface area contributed by atoms with E-state index in [2.05, 4.69) is 20.6 Å². The summed E-state index contributed by atoms with van der Waals surface area (Å²) in [6.45, 7) is 0. The van der Waals surface area contributed by atoms with E-state index < -0.39 is 5.91 Å². The van der Waals surface area contributed by atoms with Crippen LogP contribution in [0.5, 0.6) is 0 Å². The van der Waals surface area contributed by atoms with Crippen LogP contribution < -0.4 is 10.6 Å². The zero-order chi connectivity index (χ0) is 20.5. The molecule has 7 nitrogen and oxygen atoms in total. The summed E-state index contributed by atoms with van der Waals surface area (Å²) in [5, 5.41) is 6.62. The molecule has 0 saturated heterocycles. The lowest BCUT2D eigenvalue weighted by atomic mass is 10.2. The molecular formula is C22H14N4O3S. The zero-order valence-electron chi connectivity index (χ0n) is 15.5. The quantitative estimate of drug-likeness (QED) is 0.411. The minimum Gasteiger partial charge on any atom is -0.451 e. The number of carbonyl (C=O) groups is 1. The van der Waals surface area contributed by atoms with Crippen molar-refractivity contribution in [3.63, 3.8) is 0 Å². The molecule has 2 N–H and O–H groups in total. The molecule has 146 valence electrons. The number of hydrogen-bond acceptors (Lipinski definition) is 6. The Kier molecular flexibility index (Phi) is 4.45. The minimum absolute atomic E-state index is 0.150. The van der Waals surface area contributed by atoms with Gasteiger partial charge >= 0.3 is 0 Å². The summed E-state index contributed by atoms with van der Waals surface area (Å²) < 4.78 is 11.3. The summed E-state index contributed by atoms with van der Waals surface area (Å²) in [4.78, 5) is 21.0. The van der Waals surface area contributed by atoms with Crippen LogP contribution in [0.25, 0.3) is 33.7 Å². The van der Waals surface area contributed by atoms with Crippen LogP contribution in [0.3, 0.4) is 0 Å². The van der Waals surface area contributed by atoms with Crippen LogP contribution in [0, 0.1) is 0 Å². The second-order valence-corrected chi connectivity index (χ2v) is 6.89. The second-order valence-electron chi connectivity index (χ2n) is 6.48. The Morgan fingerprint density at radius 3 is 2.67 bits per heavy atom. The maximum atomic E-state index is 12.4. The molecule has 0 saturated carbocycles. The number of anilines is 1. The van der Waals surface area contributed by atoms with Crippen molar-refractivity contribution in [3.8, 4) is 11.5 Å². The topological polar surface area (TPSA) is 93.2 Å². The highest BCUT2D eigenvalue weighted by Gasteiger charge is 2.14. The van der Waals surface area contributed by atoms with Crippen molar-refractivity contribution in [1.29, 1.82) is 0 Å². The number of rotatable bonds is 3. The van der Waals surface area contributed by atoms with Crippen LogP contribution in [0.4, 0.5) is 5.69 Å². The van der Waals surface area contributed by atoms with E-state index in [1.807, 2.05) is 48.5 Å². The van der Waals surface area contributed by atoms with Crippen molar-refractivity contribution in [1.82, 2.24) is 15.3 Å². The normalized spacial score (nSPS) is 10.9. The number of pyridine rings is 1. The van der Waals surface area contributed by atoms with E-state index in [0.717, 1.165) is 10.9 Å². The van der Waals surface area contributed by atoms with Gasteiger partial charge in [0.1, 0.15) is 5.58 Å². The Morgan fingerprint density at radius 1 is 0.933 bits per heavy atom. The molecule has 5 aromatic rings. The standard InChI is InChI=1S/C22H14N4O3S/c27-20(18-12-13-5-1-2-8-16(13)28-18)26-22(30)24-15-7-3-6-14(11-15)21-25-19-17(29-21)9-4-10-23-19/h1-12H,(H2,24,26,27,30). The number of nitrogens with one attached hydrogen (secondary N) is 2. The Morgan fingerprint density at radius 2 is 1.80 bits per heavy atom. The van der Waals surface area contributed by atoms with Gasteiger partial charge in [-0.2, -0.15) is 4.98 Å². The third kappa shape index (κ3) is 3.51. The fourth-order valence-corrected chi connectivity index (χ4v) is 3.25. The summed E-state index contributed by atoms with van der Waals surface area (Å²) in [6, 6.07) is 20.0. The molecule has 2 aromatic carbocycles. The zero-order valence-corrected chi connectivity index (χ0v) is 16.3. The van der Waals surface area contributed by atoms with Gasteiger partial charge in [0.15, 0.2) is 22.1 Å². The van der Waals surface area contributed by atoms with E-state index >= 15 is 0 Å². The van der Waals surface area contributed by atoms with Crippen molar-refractivity contribution in [2.45, 2.75) is 0 Å². The predicted octanol–water partition coefficient (Wildman–Crippen LogP) is 4.76. The number of fused-ring (bicyclic) bond motifs is 2. The lowest BCUT2D eigenvalue weighted by Crippen LogP contribution is -2.33. The summed E-state index contributed by atoms with van der Waals surface area (Å²) in [5.74, 6) is 0.211. The molecule has 0 atom stereocenters. The highest BCUT2D eigenvalue weighted by molar-refractivity contribution is 7.80. The molecule has 1 amide bonds. The number of benzene rings is 2. The number of aromatic nitrogens is 2. The van der Waals surface area contributed by atoms with Gasteiger partial charge in [0.25, 0.3) is 5.91 Å². The van der Waals surface area contributed by atoms with Gasteiger partial charge in [-0.15, -0.1) is 0 Å². The third-order valence-electron chi connectivity index (χ3n) is 4.41. The van der Waals surface area contributed by atoms with Gasteiger partial charge in [0.2, 0.25) is 5.89 Å². The number of nitrogens with zero attached hydrogens (tertiary/aromatic N) is 2. The van der Waals surface area contributed by atoms with Crippen LogP contribution in [0.2, 0.25) is 0 Å². The summed E-state index contributed by atoms with van der Waals surface area (Å²) >= 11 is 5.27. The Bertz CT molecular complexity index is 1340. The molecule has 0 bridgehead atoms. The van der Waals surface area contributed by atoms with Crippen molar-refractivity contribution < 1.29 is 13.6 Å². The summed E-state index contributed by atoms with van der Waals surface area (Å²) in [7, 11) is 0. The molecule has 3 aromatic heterocycles. The van der Waals surface area contributed by atoms with Crippen LogP contribution in [0.1, 0.15) is 10.6 Å². The number of oxazole rings is 1. The molecule has 8 heteroatoms. The molecule has 3 heterocycles. The molecule has 0 spiro atoms. The van der Waals surface area contributed by atoms with Gasteiger partial charge in [-0.25, -0.2) is 4.98 Å². The molecule has 0 fully saturated rings. The molecule has 0 aliphatic rings. The first kappa shape index (κ1) is 18.0. The van der Waals surface area contributed by atoms with E-state index in [4.69, 9.17) is 21.1 Å². The average Bonchev–Trinajstić information content (AvgIpc) is 3.38. The number of para-hydroxylation sites is 1. The summed E-state index contributed by atoms with van der Waals surface area (Å²) in [6.07, 6.45) is 1.66.